The Hall–Kier alpha value is -2.67. The van der Waals surface area contributed by atoms with Crippen LogP contribution in [0.1, 0.15) is 50.5 Å². The summed E-state index contributed by atoms with van der Waals surface area (Å²) in [6.45, 7) is 2.74. The molecule has 7 nitrogen and oxygen atoms in total. The number of para-hydroxylation sites is 1. The molecule has 1 aromatic rings. The third kappa shape index (κ3) is 4.11. The van der Waals surface area contributed by atoms with E-state index in [1.165, 1.54) is 0 Å². The van der Waals surface area contributed by atoms with Crippen molar-refractivity contribution in [3.05, 3.63) is 35.0 Å². The lowest BCUT2D eigenvalue weighted by atomic mass is 9.71. The molecule has 1 aliphatic carbocycles. The minimum Gasteiger partial charge on any atom is -0.493 e. The fourth-order valence-electron chi connectivity index (χ4n) is 4.85. The zero-order valence-corrected chi connectivity index (χ0v) is 18.3. The summed E-state index contributed by atoms with van der Waals surface area (Å²) in [4.78, 5) is 31.0. The van der Waals surface area contributed by atoms with Crippen molar-refractivity contribution in [1.29, 1.82) is 0 Å². The molecule has 0 N–H and O–H groups in total. The van der Waals surface area contributed by atoms with E-state index in [0.29, 0.717) is 35.8 Å². The van der Waals surface area contributed by atoms with Gasteiger partial charge in [0, 0.05) is 41.5 Å². The van der Waals surface area contributed by atoms with Gasteiger partial charge < -0.3 is 18.9 Å². The van der Waals surface area contributed by atoms with Crippen LogP contribution in [0, 0.1) is 5.92 Å². The molecule has 0 amide bonds. The molecule has 0 saturated carbocycles. The number of hydrogen-bond donors (Lipinski definition) is 0. The molecule has 0 aromatic heterocycles. The summed E-state index contributed by atoms with van der Waals surface area (Å²) in [5, 5.41) is 0. The van der Waals surface area contributed by atoms with E-state index in [9.17, 15) is 9.59 Å². The Bertz CT molecular complexity index is 928. The molecule has 0 spiro atoms. The number of Topliss-reactive ketones (excluding diaryl/α,β-unsaturated/α-hetero) is 1. The van der Waals surface area contributed by atoms with Gasteiger partial charge in [-0.25, -0.2) is 0 Å². The fraction of sp³-hybridized carbons (Fsp3) is 0.542. The maximum absolute atomic E-state index is 13.3. The van der Waals surface area contributed by atoms with Gasteiger partial charge in [0.1, 0.15) is 12.5 Å². The first-order valence-electron chi connectivity index (χ1n) is 10.9. The third-order valence-corrected chi connectivity index (χ3v) is 6.29. The van der Waals surface area contributed by atoms with Crippen molar-refractivity contribution in [3.8, 4) is 11.5 Å². The third-order valence-electron chi connectivity index (χ3n) is 6.29. The van der Waals surface area contributed by atoms with Crippen molar-refractivity contribution in [3.63, 3.8) is 0 Å². The second-order valence-corrected chi connectivity index (χ2v) is 8.19. The number of carbonyl (C=O) groups excluding carboxylic acids is 2. The number of carbonyl (C=O) groups is 2. The molecule has 3 aliphatic rings. The second kappa shape index (κ2) is 9.22. The molecule has 1 unspecified atom stereocenters. The molecule has 1 saturated heterocycles. The van der Waals surface area contributed by atoms with E-state index in [4.69, 9.17) is 18.9 Å². The molecular weight excluding hydrogens is 398 g/mol. The molecule has 166 valence electrons. The molecular formula is C24H29NO6. The van der Waals surface area contributed by atoms with Crippen LogP contribution in [0.25, 0.3) is 0 Å². The number of ether oxygens (including phenoxy) is 4. The molecule has 31 heavy (non-hydrogen) atoms. The smallest absolute Gasteiger partial charge is 0.315 e. The van der Waals surface area contributed by atoms with Crippen LogP contribution in [0.2, 0.25) is 0 Å². The molecule has 1 fully saturated rings. The van der Waals surface area contributed by atoms with Gasteiger partial charge in [0.2, 0.25) is 0 Å². The van der Waals surface area contributed by atoms with Gasteiger partial charge in [0.05, 0.1) is 20.3 Å². The van der Waals surface area contributed by atoms with Crippen molar-refractivity contribution in [1.82, 2.24) is 0 Å². The summed E-state index contributed by atoms with van der Waals surface area (Å²) in [6, 6.07) is 5.53. The van der Waals surface area contributed by atoms with Crippen LogP contribution in [0.15, 0.2) is 34.5 Å². The van der Waals surface area contributed by atoms with E-state index < -0.39 is 17.8 Å². The summed E-state index contributed by atoms with van der Waals surface area (Å²) in [5.41, 5.74) is 2.76. The first-order chi connectivity index (χ1) is 15.0. The molecule has 0 bridgehead atoms. The van der Waals surface area contributed by atoms with Crippen LogP contribution in [-0.4, -0.2) is 51.0 Å². The van der Waals surface area contributed by atoms with Crippen LogP contribution in [0.3, 0.4) is 0 Å². The lowest BCUT2D eigenvalue weighted by molar-refractivity contribution is -0.149. The number of aliphatic imine (C=N–C) groups is 1. The maximum atomic E-state index is 13.3. The number of ketones is 1. The lowest BCUT2D eigenvalue weighted by Crippen LogP contribution is -2.38. The predicted octanol–water partition coefficient (Wildman–Crippen LogP) is 3.61. The highest BCUT2D eigenvalue weighted by Gasteiger charge is 2.44. The predicted molar refractivity (Wildman–Crippen MR) is 115 cm³/mol. The Morgan fingerprint density at radius 3 is 2.74 bits per heavy atom. The SMILES string of the molecule is COc1cccc([C@H]2C3=C(CCCC3=O)N=C(C)C2C(=O)OC[C@@H]2CCCO2)c1OC. The number of esters is 1. The summed E-state index contributed by atoms with van der Waals surface area (Å²) < 4.78 is 22.4. The Balaban J connectivity index is 1.76. The van der Waals surface area contributed by atoms with Crippen molar-refractivity contribution in [2.75, 3.05) is 27.4 Å². The minimum absolute atomic E-state index is 0.0318. The highest BCUT2D eigenvalue weighted by Crippen LogP contribution is 2.48. The summed E-state index contributed by atoms with van der Waals surface area (Å²) in [5.74, 6) is -0.518. The average molecular weight is 427 g/mol. The first kappa shape index (κ1) is 21.6. The molecule has 2 heterocycles. The standard InChI is InChI=1S/C24H29NO6/c1-14-20(24(27)31-13-15-7-6-12-30-15)21(22-17(25-14)9-5-10-18(22)26)16-8-4-11-19(28-2)23(16)29-3/h4,8,11,15,20-21H,5-7,9-10,12-13H2,1-3H3/t15-,20?,21+/m0/s1. The molecule has 2 aliphatic heterocycles. The summed E-state index contributed by atoms with van der Waals surface area (Å²) >= 11 is 0. The van der Waals surface area contributed by atoms with Crippen LogP contribution in [0.4, 0.5) is 0 Å². The zero-order chi connectivity index (χ0) is 22.0. The van der Waals surface area contributed by atoms with E-state index in [-0.39, 0.29) is 18.5 Å². The number of hydrogen-bond acceptors (Lipinski definition) is 7. The number of rotatable bonds is 6. The topological polar surface area (TPSA) is 83.4 Å². The van der Waals surface area contributed by atoms with E-state index in [2.05, 4.69) is 4.99 Å². The Kier molecular flexibility index (Phi) is 6.41. The second-order valence-electron chi connectivity index (χ2n) is 8.19. The molecule has 7 heteroatoms. The number of allylic oxidation sites excluding steroid dienone is 2. The van der Waals surface area contributed by atoms with Crippen molar-refractivity contribution in [2.24, 2.45) is 10.9 Å². The van der Waals surface area contributed by atoms with Crippen LogP contribution in [0.5, 0.6) is 11.5 Å². The van der Waals surface area contributed by atoms with Crippen molar-refractivity contribution < 1.29 is 28.5 Å². The highest BCUT2D eigenvalue weighted by atomic mass is 16.6. The van der Waals surface area contributed by atoms with E-state index in [0.717, 1.165) is 36.9 Å². The van der Waals surface area contributed by atoms with Gasteiger partial charge in [-0.2, -0.15) is 0 Å². The Morgan fingerprint density at radius 2 is 2.03 bits per heavy atom. The summed E-state index contributed by atoms with van der Waals surface area (Å²) in [7, 11) is 3.13. The van der Waals surface area contributed by atoms with Crippen molar-refractivity contribution >= 4 is 17.5 Å². The van der Waals surface area contributed by atoms with Crippen LogP contribution in [-0.2, 0) is 19.1 Å². The van der Waals surface area contributed by atoms with Gasteiger partial charge >= 0.3 is 5.97 Å². The van der Waals surface area contributed by atoms with Crippen molar-refractivity contribution in [2.45, 2.75) is 51.0 Å². The number of benzene rings is 1. The largest absolute Gasteiger partial charge is 0.493 e. The first-order valence-corrected chi connectivity index (χ1v) is 10.9. The number of methoxy groups -OCH3 is 2. The monoisotopic (exact) mass is 427 g/mol. The van der Waals surface area contributed by atoms with Gasteiger partial charge in [0.15, 0.2) is 17.3 Å². The van der Waals surface area contributed by atoms with Gasteiger partial charge in [-0.1, -0.05) is 12.1 Å². The Morgan fingerprint density at radius 1 is 1.19 bits per heavy atom. The van der Waals surface area contributed by atoms with Gasteiger partial charge in [-0.15, -0.1) is 0 Å². The van der Waals surface area contributed by atoms with Gasteiger partial charge in [0.25, 0.3) is 0 Å². The number of nitrogens with zero attached hydrogens (tertiary/aromatic N) is 1. The van der Waals surface area contributed by atoms with Gasteiger partial charge in [-0.3, -0.25) is 14.6 Å². The van der Waals surface area contributed by atoms with Crippen LogP contribution >= 0.6 is 0 Å². The maximum Gasteiger partial charge on any atom is 0.315 e. The molecule has 0 radical (unpaired) electrons. The normalized spacial score (nSPS) is 25.7. The molecule has 3 atom stereocenters. The van der Waals surface area contributed by atoms with E-state index in [1.807, 2.05) is 19.1 Å². The highest BCUT2D eigenvalue weighted by molar-refractivity contribution is 6.09. The molecule has 1 aromatic carbocycles. The lowest BCUT2D eigenvalue weighted by Gasteiger charge is -2.35. The summed E-state index contributed by atoms with van der Waals surface area (Å²) in [6.07, 6.45) is 3.73. The molecule has 4 rings (SSSR count). The quantitative estimate of drug-likeness (QED) is 0.645. The Labute approximate surface area is 182 Å². The minimum atomic E-state index is -0.705. The average Bonchev–Trinajstić information content (AvgIpc) is 3.29. The zero-order valence-electron chi connectivity index (χ0n) is 18.3. The van der Waals surface area contributed by atoms with E-state index >= 15 is 0 Å². The van der Waals surface area contributed by atoms with E-state index in [1.54, 1.807) is 20.3 Å². The van der Waals surface area contributed by atoms with Gasteiger partial charge in [-0.05, 0) is 38.7 Å². The van der Waals surface area contributed by atoms with Crippen LogP contribution < -0.4 is 9.47 Å². The fourth-order valence-corrected chi connectivity index (χ4v) is 4.85.